The fourth-order valence-electron chi connectivity index (χ4n) is 3.47. The van der Waals surface area contributed by atoms with Crippen molar-refractivity contribution in [3.05, 3.63) is 62.5 Å². The van der Waals surface area contributed by atoms with E-state index in [0.717, 1.165) is 31.3 Å². The van der Waals surface area contributed by atoms with Crippen molar-refractivity contribution < 1.29 is 24.2 Å². The Morgan fingerprint density at radius 1 is 1.07 bits per heavy atom. The Morgan fingerprint density at radius 3 is 2.50 bits per heavy atom. The van der Waals surface area contributed by atoms with Gasteiger partial charge in [-0.15, -0.1) is 0 Å². The Labute approximate surface area is 179 Å². The predicted molar refractivity (Wildman–Crippen MR) is 117 cm³/mol. The molecule has 1 amide bonds. The maximum absolute atomic E-state index is 12.6. The molecule has 0 radical (unpaired) electrons. The van der Waals surface area contributed by atoms with Crippen LogP contribution in [0.3, 0.4) is 0 Å². The number of hydrogen-bond donors (Lipinski definition) is 2. The molecular weight excluding hydrogens is 449 g/mol. The normalized spacial score (nSPS) is 13.8. The number of anilines is 1. The van der Waals surface area contributed by atoms with Crippen molar-refractivity contribution in [2.75, 3.05) is 19.5 Å². The molecule has 0 spiro atoms. The van der Waals surface area contributed by atoms with E-state index in [1.807, 2.05) is 43.3 Å². The zero-order valence-corrected chi connectivity index (χ0v) is 18.3. The summed E-state index contributed by atoms with van der Waals surface area (Å²) >= 11 is -0.0971. The van der Waals surface area contributed by atoms with Gasteiger partial charge >= 0.3 is 172 Å². The quantitative estimate of drug-likeness (QED) is 0.438. The zero-order chi connectivity index (χ0) is 21.4. The first-order chi connectivity index (χ1) is 14.4. The molecule has 2 heterocycles. The minimum absolute atomic E-state index is 0.0971. The molecule has 6 nitrogen and oxygen atoms in total. The summed E-state index contributed by atoms with van der Waals surface area (Å²) in [4.78, 5) is 23.9. The number of carbonyl (C=O) groups is 2. The Bertz CT molecular complexity index is 1210. The molecule has 0 bridgehead atoms. The molecule has 2 aromatic carbocycles. The average Bonchev–Trinajstić information content (AvgIpc) is 3.26. The number of carboxylic acid groups (broad SMARTS) is 1. The molecule has 30 heavy (non-hydrogen) atoms. The number of carboxylic acids is 1. The van der Waals surface area contributed by atoms with Crippen molar-refractivity contribution in [2.24, 2.45) is 0 Å². The van der Waals surface area contributed by atoms with Crippen LogP contribution in [0.5, 0.6) is 11.5 Å². The van der Waals surface area contributed by atoms with Gasteiger partial charge in [-0.1, -0.05) is 0 Å². The SMILES string of the molecule is COc1ccc(-c2ccc3c(c2)NC(=O)C3=Cc2cc(C(=O)O)c(C)[se]2)c(OC)c1. The molecule has 3 aromatic rings. The van der Waals surface area contributed by atoms with Gasteiger partial charge in [0, 0.05) is 0 Å². The van der Waals surface area contributed by atoms with Gasteiger partial charge in [-0.3, -0.25) is 0 Å². The third kappa shape index (κ3) is 3.54. The number of methoxy groups -OCH3 is 2. The third-order valence-corrected chi connectivity index (χ3v) is 7.07. The number of hydrogen-bond acceptors (Lipinski definition) is 4. The molecule has 0 unspecified atom stereocenters. The summed E-state index contributed by atoms with van der Waals surface area (Å²) in [5.74, 6) is 0.252. The van der Waals surface area contributed by atoms with Crippen molar-refractivity contribution in [3.63, 3.8) is 0 Å². The van der Waals surface area contributed by atoms with Gasteiger partial charge in [0.15, 0.2) is 0 Å². The van der Waals surface area contributed by atoms with Crippen molar-refractivity contribution in [2.45, 2.75) is 6.92 Å². The first-order valence-electron chi connectivity index (χ1n) is 9.15. The second-order valence-electron chi connectivity index (χ2n) is 6.76. The van der Waals surface area contributed by atoms with Gasteiger partial charge in [0.05, 0.1) is 7.11 Å². The van der Waals surface area contributed by atoms with Crippen LogP contribution in [0.1, 0.15) is 24.8 Å². The van der Waals surface area contributed by atoms with Crippen LogP contribution in [0, 0.1) is 6.92 Å². The molecule has 0 fully saturated rings. The van der Waals surface area contributed by atoms with Crippen LogP contribution in [0.4, 0.5) is 5.69 Å². The topological polar surface area (TPSA) is 84.9 Å². The number of rotatable bonds is 5. The summed E-state index contributed by atoms with van der Waals surface area (Å²) in [6.07, 6.45) is 1.80. The second kappa shape index (κ2) is 7.86. The number of aromatic carboxylic acids is 1. The van der Waals surface area contributed by atoms with E-state index in [9.17, 15) is 14.7 Å². The van der Waals surface area contributed by atoms with E-state index in [0.29, 0.717) is 22.6 Å². The van der Waals surface area contributed by atoms with Crippen LogP contribution in [0.25, 0.3) is 22.8 Å². The Kier molecular flexibility index (Phi) is 5.24. The molecule has 0 saturated carbocycles. The van der Waals surface area contributed by atoms with Gasteiger partial charge in [-0.05, 0) is 0 Å². The molecule has 0 aliphatic carbocycles. The summed E-state index contributed by atoms with van der Waals surface area (Å²) < 4.78 is 12.5. The molecule has 152 valence electrons. The number of amides is 1. The van der Waals surface area contributed by atoms with E-state index in [-0.39, 0.29) is 20.4 Å². The number of carbonyl (C=O) groups excluding carboxylic acids is 1. The van der Waals surface area contributed by atoms with E-state index in [1.165, 1.54) is 0 Å². The molecule has 1 aliphatic rings. The van der Waals surface area contributed by atoms with Crippen LogP contribution in [-0.4, -0.2) is 45.7 Å². The second-order valence-corrected chi connectivity index (χ2v) is 9.46. The van der Waals surface area contributed by atoms with Crippen molar-refractivity contribution in [1.82, 2.24) is 0 Å². The molecule has 0 atom stereocenters. The molecule has 4 rings (SSSR count). The van der Waals surface area contributed by atoms with Crippen molar-refractivity contribution in [3.8, 4) is 22.6 Å². The fraction of sp³-hybridized carbons (Fsp3) is 0.130. The van der Waals surface area contributed by atoms with Gasteiger partial charge in [-0.2, -0.15) is 0 Å². The number of nitrogens with one attached hydrogen (secondary N) is 1. The van der Waals surface area contributed by atoms with Crippen molar-refractivity contribution in [1.29, 1.82) is 0 Å². The van der Waals surface area contributed by atoms with Crippen LogP contribution in [-0.2, 0) is 4.79 Å². The summed E-state index contributed by atoms with van der Waals surface area (Å²) in [5, 5.41) is 12.2. The van der Waals surface area contributed by atoms with Crippen LogP contribution in [0.2, 0.25) is 0 Å². The van der Waals surface area contributed by atoms with Crippen molar-refractivity contribution >= 4 is 43.7 Å². The van der Waals surface area contributed by atoms with E-state index in [2.05, 4.69) is 5.32 Å². The van der Waals surface area contributed by atoms with E-state index >= 15 is 0 Å². The molecule has 2 N–H and O–H groups in total. The maximum atomic E-state index is 12.6. The number of fused-ring (bicyclic) bond motifs is 1. The first kappa shape index (κ1) is 20.0. The number of benzene rings is 2. The van der Waals surface area contributed by atoms with E-state index in [1.54, 1.807) is 26.4 Å². The standard InChI is InChI=1S/C23H19NO5Se/c1-12-18(23(26)27)10-15(30-12)11-19-17-6-4-13(8-20(17)24-22(19)25)16-7-5-14(28-2)9-21(16)29-3/h4-11H,1-3H3,(H,24,25)(H,26,27). The van der Waals surface area contributed by atoms with Crippen LogP contribution in [0.15, 0.2) is 42.5 Å². The molecule has 0 saturated heterocycles. The molecular formula is C23H19NO5Se. The molecule has 1 aliphatic heterocycles. The van der Waals surface area contributed by atoms with Crippen LogP contribution >= 0.6 is 0 Å². The molecule has 7 heteroatoms. The first-order valence-corrected chi connectivity index (χ1v) is 10.9. The fourth-order valence-corrected chi connectivity index (χ4v) is 5.49. The summed E-state index contributed by atoms with van der Waals surface area (Å²) in [6, 6.07) is 13.0. The van der Waals surface area contributed by atoms with E-state index in [4.69, 9.17) is 9.47 Å². The Hall–Kier alpha value is -3.28. The third-order valence-electron chi connectivity index (χ3n) is 4.98. The monoisotopic (exact) mass is 469 g/mol. The number of aryl methyl sites for hydroxylation is 1. The summed E-state index contributed by atoms with van der Waals surface area (Å²) in [7, 11) is 3.21. The van der Waals surface area contributed by atoms with Gasteiger partial charge in [-0.25, -0.2) is 0 Å². The van der Waals surface area contributed by atoms with Gasteiger partial charge in [0.25, 0.3) is 0 Å². The van der Waals surface area contributed by atoms with Gasteiger partial charge in [0.2, 0.25) is 0 Å². The average molecular weight is 468 g/mol. The molecule has 1 aromatic heterocycles. The summed E-state index contributed by atoms with van der Waals surface area (Å²) in [6.45, 7) is 1.82. The van der Waals surface area contributed by atoms with Gasteiger partial charge in [0.1, 0.15) is 0 Å². The van der Waals surface area contributed by atoms with E-state index < -0.39 is 5.97 Å². The van der Waals surface area contributed by atoms with Crippen LogP contribution < -0.4 is 14.8 Å². The van der Waals surface area contributed by atoms with Gasteiger partial charge < -0.3 is 0 Å². The summed E-state index contributed by atoms with van der Waals surface area (Å²) in [5.41, 5.74) is 4.18. The minimum atomic E-state index is -0.933. The number of ether oxygens (including phenoxy) is 2. The Morgan fingerprint density at radius 2 is 1.83 bits per heavy atom. The predicted octanol–water partition coefficient (Wildman–Crippen LogP) is 3.93. The zero-order valence-electron chi connectivity index (χ0n) is 16.6. The Balaban J connectivity index is 1.73.